The highest BCUT2D eigenvalue weighted by molar-refractivity contribution is 5.29. The number of piperidine rings is 1. The van der Waals surface area contributed by atoms with Crippen molar-refractivity contribution in [1.29, 1.82) is 0 Å². The monoisotopic (exact) mass is 348 g/mol. The fraction of sp³-hybridized carbons (Fsp3) is 0.333. The Kier molecular flexibility index (Phi) is 5.09. The van der Waals surface area contributed by atoms with Crippen LogP contribution in [0.25, 0.3) is 5.69 Å². The van der Waals surface area contributed by atoms with Crippen molar-refractivity contribution in [2.24, 2.45) is 5.92 Å². The molecule has 1 atom stereocenters. The van der Waals surface area contributed by atoms with Crippen LogP contribution in [0, 0.1) is 5.92 Å². The molecule has 1 saturated heterocycles. The number of likely N-dealkylation sites (tertiary alicyclic amines) is 1. The van der Waals surface area contributed by atoms with Gasteiger partial charge in [0.05, 0.1) is 18.3 Å². The predicted octanol–water partition coefficient (Wildman–Crippen LogP) is 3.21. The van der Waals surface area contributed by atoms with Crippen LogP contribution in [0.4, 0.5) is 0 Å². The Morgan fingerprint density at radius 3 is 2.31 bits per heavy atom. The highest BCUT2D eigenvalue weighted by atomic mass is 16.3. The molecule has 1 aliphatic rings. The largest absolute Gasteiger partial charge is 0.388 e. The summed E-state index contributed by atoms with van der Waals surface area (Å²) >= 11 is 0. The summed E-state index contributed by atoms with van der Waals surface area (Å²) in [4.78, 5) is 6.82. The number of aliphatic hydroxyl groups is 1. The summed E-state index contributed by atoms with van der Waals surface area (Å²) in [6.45, 7) is 2.69. The van der Waals surface area contributed by atoms with Gasteiger partial charge >= 0.3 is 0 Å². The Hall–Kier alpha value is -2.50. The van der Waals surface area contributed by atoms with Gasteiger partial charge in [-0.1, -0.05) is 48.5 Å². The lowest BCUT2D eigenvalue weighted by Crippen LogP contribution is -2.35. The minimum Gasteiger partial charge on any atom is -0.388 e. The second-order valence-electron chi connectivity index (χ2n) is 6.91. The first-order valence-electron chi connectivity index (χ1n) is 9.21. The topological polar surface area (TPSA) is 54.2 Å². The average Bonchev–Trinajstić information content (AvgIpc) is 3.18. The molecule has 0 unspecified atom stereocenters. The molecule has 26 heavy (non-hydrogen) atoms. The van der Waals surface area contributed by atoms with Crippen LogP contribution in [0.1, 0.15) is 30.3 Å². The van der Waals surface area contributed by atoms with Gasteiger partial charge in [0.1, 0.15) is 6.33 Å². The number of benzene rings is 2. The van der Waals surface area contributed by atoms with Gasteiger partial charge in [-0.05, 0) is 49.5 Å². The average molecular weight is 348 g/mol. The smallest absolute Gasteiger partial charge is 0.164 e. The van der Waals surface area contributed by atoms with E-state index in [0.717, 1.165) is 49.6 Å². The van der Waals surface area contributed by atoms with E-state index in [2.05, 4.69) is 15.0 Å². The molecule has 0 amide bonds. The molecule has 0 bridgehead atoms. The van der Waals surface area contributed by atoms with Crippen LogP contribution < -0.4 is 0 Å². The Labute approximate surface area is 153 Å². The van der Waals surface area contributed by atoms with Crippen molar-refractivity contribution >= 4 is 0 Å². The molecule has 1 aromatic heterocycles. The van der Waals surface area contributed by atoms with Crippen molar-refractivity contribution in [2.75, 3.05) is 13.1 Å². The lowest BCUT2D eigenvalue weighted by Gasteiger charge is -2.33. The number of nitrogens with zero attached hydrogens (tertiary/aromatic N) is 4. The lowest BCUT2D eigenvalue weighted by molar-refractivity contribution is 0.0561. The Morgan fingerprint density at radius 1 is 0.962 bits per heavy atom. The van der Waals surface area contributed by atoms with Crippen LogP contribution in [0.2, 0.25) is 0 Å². The Morgan fingerprint density at radius 2 is 1.62 bits per heavy atom. The van der Waals surface area contributed by atoms with Gasteiger partial charge in [0.25, 0.3) is 0 Å². The third-order valence-electron chi connectivity index (χ3n) is 5.14. The Balaban J connectivity index is 1.32. The minimum atomic E-state index is -0.367. The molecule has 1 aliphatic heterocycles. The number of aromatic nitrogens is 3. The highest BCUT2D eigenvalue weighted by Crippen LogP contribution is 2.30. The molecule has 0 radical (unpaired) electrons. The molecular formula is C21H24N4O. The van der Waals surface area contributed by atoms with Gasteiger partial charge in [-0.15, -0.1) is 5.10 Å². The molecule has 2 aromatic carbocycles. The zero-order chi connectivity index (χ0) is 17.8. The van der Waals surface area contributed by atoms with E-state index in [1.54, 1.807) is 6.33 Å². The van der Waals surface area contributed by atoms with E-state index < -0.39 is 0 Å². The molecule has 0 spiro atoms. The zero-order valence-electron chi connectivity index (χ0n) is 14.8. The van der Waals surface area contributed by atoms with E-state index in [9.17, 15) is 5.11 Å². The summed E-state index contributed by atoms with van der Waals surface area (Å²) in [5, 5.41) is 15.2. The van der Waals surface area contributed by atoms with Crippen LogP contribution in [0.15, 0.2) is 67.0 Å². The van der Waals surface area contributed by atoms with Crippen LogP contribution in [0.5, 0.6) is 0 Å². The first-order valence-corrected chi connectivity index (χ1v) is 9.21. The van der Waals surface area contributed by atoms with Crippen molar-refractivity contribution in [3.63, 3.8) is 0 Å². The van der Waals surface area contributed by atoms with Crippen LogP contribution in [0.3, 0.4) is 0 Å². The van der Waals surface area contributed by atoms with Gasteiger partial charge in [0, 0.05) is 0 Å². The van der Waals surface area contributed by atoms with Gasteiger partial charge in [0.15, 0.2) is 5.82 Å². The van der Waals surface area contributed by atoms with Gasteiger partial charge < -0.3 is 5.11 Å². The number of aliphatic hydroxyl groups excluding tert-OH is 1. The zero-order valence-corrected chi connectivity index (χ0v) is 14.8. The molecule has 1 N–H and O–H groups in total. The molecule has 0 saturated carbocycles. The normalized spacial score (nSPS) is 17.3. The van der Waals surface area contributed by atoms with E-state index in [4.69, 9.17) is 0 Å². The number of hydrogen-bond acceptors (Lipinski definition) is 4. The molecular weight excluding hydrogens is 324 g/mol. The van der Waals surface area contributed by atoms with Crippen molar-refractivity contribution in [2.45, 2.75) is 25.5 Å². The fourth-order valence-electron chi connectivity index (χ4n) is 3.62. The summed E-state index contributed by atoms with van der Waals surface area (Å²) in [7, 11) is 0. The lowest BCUT2D eigenvalue weighted by atomic mass is 9.87. The van der Waals surface area contributed by atoms with Crippen molar-refractivity contribution < 1.29 is 5.11 Å². The summed E-state index contributed by atoms with van der Waals surface area (Å²) in [6, 6.07) is 20.0. The number of para-hydroxylation sites is 1. The molecule has 5 heteroatoms. The van der Waals surface area contributed by atoms with Crippen molar-refractivity contribution in [3.8, 4) is 5.69 Å². The summed E-state index contributed by atoms with van der Waals surface area (Å²) in [5.41, 5.74) is 2.05. The summed E-state index contributed by atoms with van der Waals surface area (Å²) < 4.78 is 1.82. The van der Waals surface area contributed by atoms with E-state index in [-0.39, 0.29) is 6.10 Å². The minimum absolute atomic E-state index is 0.323. The quantitative estimate of drug-likeness (QED) is 0.769. The van der Waals surface area contributed by atoms with E-state index in [1.807, 2.05) is 65.3 Å². The summed E-state index contributed by atoms with van der Waals surface area (Å²) in [6.07, 6.45) is 3.40. The third kappa shape index (κ3) is 3.84. The van der Waals surface area contributed by atoms with E-state index in [1.165, 1.54) is 0 Å². The highest BCUT2D eigenvalue weighted by Gasteiger charge is 2.26. The second-order valence-corrected chi connectivity index (χ2v) is 6.91. The first-order chi connectivity index (χ1) is 12.8. The maximum atomic E-state index is 10.6. The van der Waals surface area contributed by atoms with Gasteiger partial charge in [-0.3, -0.25) is 4.90 Å². The van der Waals surface area contributed by atoms with Crippen LogP contribution >= 0.6 is 0 Å². The SMILES string of the molecule is O[C@H](c1ccccc1)C1CCN(Cc2ncn(-c3ccccc3)n2)CC1. The predicted molar refractivity (Wildman–Crippen MR) is 101 cm³/mol. The summed E-state index contributed by atoms with van der Waals surface area (Å²) in [5.74, 6) is 1.17. The molecule has 0 aliphatic carbocycles. The van der Waals surface area contributed by atoms with E-state index in [0.29, 0.717) is 5.92 Å². The standard InChI is InChI=1S/C21H24N4O/c26-21(17-7-3-1-4-8-17)18-11-13-24(14-12-18)15-20-22-16-25(23-20)19-9-5-2-6-10-19/h1-10,16,18,21,26H,11-15H2/t21-/m1/s1. The maximum Gasteiger partial charge on any atom is 0.164 e. The van der Waals surface area contributed by atoms with Crippen molar-refractivity contribution in [3.05, 3.63) is 78.4 Å². The third-order valence-corrected chi connectivity index (χ3v) is 5.14. The van der Waals surface area contributed by atoms with Gasteiger partial charge in [-0.25, -0.2) is 9.67 Å². The van der Waals surface area contributed by atoms with Gasteiger partial charge in [-0.2, -0.15) is 0 Å². The molecule has 1 fully saturated rings. The molecule has 4 rings (SSSR count). The van der Waals surface area contributed by atoms with E-state index >= 15 is 0 Å². The number of rotatable bonds is 5. The first kappa shape index (κ1) is 16.9. The maximum absolute atomic E-state index is 10.6. The Bertz CT molecular complexity index is 810. The second kappa shape index (κ2) is 7.81. The molecule has 5 nitrogen and oxygen atoms in total. The van der Waals surface area contributed by atoms with Crippen molar-refractivity contribution in [1.82, 2.24) is 19.7 Å². The van der Waals surface area contributed by atoms with Crippen LogP contribution in [-0.2, 0) is 6.54 Å². The molecule has 2 heterocycles. The van der Waals surface area contributed by atoms with Gasteiger partial charge in [0.2, 0.25) is 0 Å². The van der Waals surface area contributed by atoms with Crippen LogP contribution in [-0.4, -0.2) is 37.9 Å². The number of hydrogen-bond donors (Lipinski definition) is 1. The molecule has 134 valence electrons. The molecule has 3 aromatic rings. The fourth-order valence-corrected chi connectivity index (χ4v) is 3.62.